The third-order valence-electron chi connectivity index (χ3n) is 3.11. The molecule has 1 aliphatic rings. The summed E-state index contributed by atoms with van der Waals surface area (Å²) in [6.45, 7) is 0.549. The van der Waals surface area contributed by atoms with Crippen molar-refractivity contribution in [1.29, 1.82) is 0 Å². The topological polar surface area (TPSA) is 108 Å². The highest BCUT2D eigenvalue weighted by Crippen LogP contribution is 2.27. The molecule has 1 fully saturated rings. The highest BCUT2D eigenvalue weighted by Gasteiger charge is 2.21. The maximum Gasteiger partial charge on any atom is 0.255 e. The van der Waals surface area contributed by atoms with E-state index < -0.39 is 15.9 Å². The van der Waals surface area contributed by atoms with Crippen LogP contribution in [0.4, 0.5) is 0 Å². The molecule has 0 aromatic heterocycles. The summed E-state index contributed by atoms with van der Waals surface area (Å²) in [4.78, 5) is 10.7. The van der Waals surface area contributed by atoms with E-state index in [1.165, 1.54) is 18.2 Å². The molecule has 1 aromatic carbocycles. The van der Waals surface area contributed by atoms with Gasteiger partial charge in [-0.2, -0.15) is 0 Å². The zero-order valence-electron chi connectivity index (χ0n) is 11.7. The van der Waals surface area contributed by atoms with Gasteiger partial charge in [0.05, 0.1) is 16.0 Å². The summed E-state index contributed by atoms with van der Waals surface area (Å²) in [7, 11) is -3.68. The van der Waals surface area contributed by atoms with Gasteiger partial charge in [0, 0.05) is 13.2 Å². The molecular weight excluding hydrogens is 332 g/mol. The van der Waals surface area contributed by atoms with E-state index in [2.05, 4.69) is 4.72 Å². The quantitative estimate of drug-likeness (QED) is 0.752. The molecule has 1 atom stereocenters. The minimum Gasteiger partial charge on any atom is -0.482 e. The Hall–Kier alpha value is -1.35. The summed E-state index contributed by atoms with van der Waals surface area (Å²) in [5.74, 6) is -0.454. The molecule has 122 valence electrons. The molecule has 0 aliphatic carbocycles. The molecule has 0 radical (unpaired) electrons. The largest absolute Gasteiger partial charge is 0.482 e. The predicted molar refractivity (Wildman–Crippen MR) is 80.3 cm³/mol. The van der Waals surface area contributed by atoms with Crippen LogP contribution in [0, 0.1) is 0 Å². The van der Waals surface area contributed by atoms with Crippen LogP contribution in [-0.2, 0) is 19.6 Å². The van der Waals surface area contributed by atoms with Gasteiger partial charge in [-0.3, -0.25) is 4.79 Å². The van der Waals surface area contributed by atoms with Crippen LogP contribution in [0.1, 0.15) is 12.8 Å². The molecule has 1 saturated heterocycles. The summed E-state index contributed by atoms with van der Waals surface area (Å²) in [5.41, 5.74) is 4.96. The lowest BCUT2D eigenvalue weighted by atomic mass is 10.2. The van der Waals surface area contributed by atoms with Crippen LogP contribution >= 0.6 is 11.6 Å². The van der Waals surface area contributed by atoms with E-state index in [0.717, 1.165) is 12.8 Å². The number of amides is 1. The maximum atomic E-state index is 12.2. The second-order valence-electron chi connectivity index (χ2n) is 4.83. The van der Waals surface area contributed by atoms with Crippen LogP contribution in [0.25, 0.3) is 0 Å². The highest BCUT2D eigenvalue weighted by atomic mass is 35.5. The molecule has 1 amide bonds. The number of benzene rings is 1. The van der Waals surface area contributed by atoms with E-state index in [9.17, 15) is 13.2 Å². The lowest BCUT2D eigenvalue weighted by Gasteiger charge is -2.12. The number of sulfonamides is 1. The second kappa shape index (κ2) is 7.28. The third-order valence-corrected chi connectivity index (χ3v) is 4.83. The van der Waals surface area contributed by atoms with Gasteiger partial charge in [-0.25, -0.2) is 13.1 Å². The van der Waals surface area contributed by atoms with Crippen LogP contribution in [0.5, 0.6) is 5.75 Å². The van der Waals surface area contributed by atoms with Gasteiger partial charge in [0.25, 0.3) is 5.91 Å². The van der Waals surface area contributed by atoms with E-state index in [4.69, 9.17) is 26.8 Å². The number of rotatable bonds is 7. The number of nitrogens with two attached hydrogens (primary N) is 1. The maximum absolute atomic E-state index is 12.2. The van der Waals surface area contributed by atoms with E-state index in [1.54, 1.807) is 0 Å². The van der Waals surface area contributed by atoms with Crippen LogP contribution in [-0.4, -0.2) is 40.2 Å². The minimum atomic E-state index is -3.68. The van der Waals surface area contributed by atoms with Crippen LogP contribution in [0.2, 0.25) is 5.02 Å². The number of halogens is 1. The first-order valence-corrected chi connectivity index (χ1v) is 8.56. The van der Waals surface area contributed by atoms with Gasteiger partial charge < -0.3 is 15.2 Å². The number of primary amides is 1. The first kappa shape index (κ1) is 17.0. The first-order valence-electron chi connectivity index (χ1n) is 6.70. The first-order chi connectivity index (χ1) is 10.4. The van der Waals surface area contributed by atoms with Crippen LogP contribution < -0.4 is 15.2 Å². The highest BCUT2D eigenvalue weighted by molar-refractivity contribution is 7.89. The van der Waals surface area contributed by atoms with Crippen molar-refractivity contribution in [2.75, 3.05) is 19.8 Å². The van der Waals surface area contributed by atoms with Crippen molar-refractivity contribution in [1.82, 2.24) is 4.72 Å². The van der Waals surface area contributed by atoms with E-state index in [-0.39, 0.29) is 34.9 Å². The summed E-state index contributed by atoms with van der Waals surface area (Å²) >= 11 is 5.95. The Morgan fingerprint density at radius 2 is 2.27 bits per heavy atom. The van der Waals surface area contributed by atoms with Gasteiger partial charge in [-0.1, -0.05) is 11.6 Å². The lowest BCUT2D eigenvalue weighted by Crippen LogP contribution is -2.31. The van der Waals surface area contributed by atoms with Crippen LogP contribution in [0.15, 0.2) is 23.1 Å². The fourth-order valence-corrected chi connectivity index (χ4v) is 3.40. The van der Waals surface area contributed by atoms with Crippen molar-refractivity contribution in [2.45, 2.75) is 23.8 Å². The molecule has 0 unspecified atom stereocenters. The van der Waals surface area contributed by atoms with Crippen molar-refractivity contribution in [2.24, 2.45) is 5.73 Å². The Balaban J connectivity index is 2.03. The number of carbonyl (C=O) groups is 1. The fourth-order valence-electron chi connectivity index (χ4n) is 2.01. The molecule has 2 rings (SSSR count). The molecule has 3 N–H and O–H groups in total. The average molecular weight is 349 g/mol. The summed E-state index contributed by atoms with van der Waals surface area (Å²) in [5, 5.41) is 0.0845. The second-order valence-corrected chi connectivity index (χ2v) is 7.01. The smallest absolute Gasteiger partial charge is 0.255 e. The van der Waals surface area contributed by atoms with Crippen molar-refractivity contribution < 1.29 is 22.7 Å². The summed E-state index contributed by atoms with van der Waals surface area (Å²) in [6.07, 6.45) is 1.68. The van der Waals surface area contributed by atoms with Gasteiger partial charge in [-0.05, 0) is 31.0 Å². The fraction of sp³-hybridized carbons (Fsp3) is 0.462. The van der Waals surface area contributed by atoms with Gasteiger partial charge in [0.15, 0.2) is 6.61 Å². The predicted octanol–water partition coefficient (Wildman–Crippen LogP) is 0.661. The van der Waals surface area contributed by atoms with Crippen molar-refractivity contribution in [3.8, 4) is 5.75 Å². The Morgan fingerprint density at radius 1 is 1.50 bits per heavy atom. The monoisotopic (exact) mass is 348 g/mol. The molecule has 0 spiro atoms. The number of carbonyl (C=O) groups excluding carboxylic acids is 1. The number of hydrogen-bond donors (Lipinski definition) is 2. The van der Waals surface area contributed by atoms with Gasteiger partial charge in [0.2, 0.25) is 10.0 Å². The molecular formula is C13H17ClN2O5S. The zero-order valence-corrected chi connectivity index (χ0v) is 13.3. The van der Waals surface area contributed by atoms with Gasteiger partial charge in [-0.15, -0.1) is 0 Å². The molecule has 9 heteroatoms. The molecule has 22 heavy (non-hydrogen) atoms. The zero-order chi connectivity index (χ0) is 16.2. The van der Waals surface area contributed by atoms with Crippen molar-refractivity contribution in [3.05, 3.63) is 23.2 Å². The van der Waals surface area contributed by atoms with E-state index in [0.29, 0.717) is 6.61 Å². The van der Waals surface area contributed by atoms with Gasteiger partial charge in [0.1, 0.15) is 5.75 Å². The lowest BCUT2D eigenvalue weighted by molar-refractivity contribution is -0.119. The summed E-state index contributed by atoms with van der Waals surface area (Å²) in [6, 6.07) is 3.99. The normalized spacial score (nSPS) is 18.3. The molecule has 1 aliphatic heterocycles. The number of hydrogen-bond acceptors (Lipinski definition) is 5. The Morgan fingerprint density at radius 3 is 2.86 bits per heavy atom. The Labute approximate surface area is 133 Å². The molecule has 1 aromatic rings. The van der Waals surface area contributed by atoms with Gasteiger partial charge >= 0.3 is 0 Å². The van der Waals surface area contributed by atoms with E-state index >= 15 is 0 Å². The number of ether oxygens (including phenoxy) is 2. The standard InChI is InChI=1S/C13H17ClN2O5S/c14-11-6-10(3-4-12(11)21-8-13(15)17)22(18,19)16-7-9-2-1-5-20-9/h3-4,6,9,16H,1-2,5,7-8H2,(H2,15,17)/t9-/m1/s1. The molecule has 0 saturated carbocycles. The number of nitrogens with one attached hydrogen (secondary N) is 1. The molecule has 0 bridgehead atoms. The Kier molecular flexibility index (Phi) is 5.63. The average Bonchev–Trinajstić information content (AvgIpc) is 2.97. The van der Waals surface area contributed by atoms with Crippen LogP contribution in [0.3, 0.4) is 0 Å². The van der Waals surface area contributed by atoms with Crippen molar-refractivity contribution in [3.63, 3.8) is 0 Å². The minimum absolute atomic E-state index is 0.0157. The molecule has 1 heterocycles. The van der Waals surface area contributed by atoms with E-state index in [1.807, 2.05) is 0 Å². The summed E-state index contributed by atoms with van der Waals surface area (Å²) < 4.78 is 37.3. The van der Waals surface area contributed by atoms with Crippen molar-refractivity contribution >= 4 is 27.5 Å². The third kappa shape index (κ3) is 4.57. The Bertz CT molecular complexity index is 644. The SMILES string of the molecule is NC(=O)COc1ccc(S(=O)(=O)NC[C@H]2CCCO2)cc1Cl. The molecule has 7 nitrogen and oxygen atoms in total.